The summed E-state index contributed by atoms with van der Waals surface area (Å²) in [5.41, 5.74) is 0. The molecule has 6 nitrogen and oxygen atoms in total. The molecule has 6 heteroatoms. The van der Waals surface area contributed by atoms with E-state index in [-0.39, 0.29) is 18.0 Å². The summed E-state index contributed by atoms with van der Waals surface area (Å²) in [4.78, 5) is 24.4. The van der Waals surface area contributed by atoms with E-state index in [0.29, 0.717) is 6.42 Å². The second kappa shape index (κ2) is 7.99. The highest BCUT2D eigenvalue weighted by Gasteiger charge is 2.18. The molecule has 1 rings (SSSR count). The van der Waals surface area contributed by atoms with Gasteiger partial charge < -0.3 is 20.6 Å². The van der Waals surface area contributed by atoms with Gasteiger partial charge in [-0.25, -0.2) is 4.79 Å². The first kappa shape index (κ1) is 15.8. The molecule has 0 spiro atoms. The first-order valence-corrected chi connectivity index (χ1v) is 6.99. The normalized spacial score (nSPS) is 18.7. The van der Waals surface area contributed by atoms with Crippen molar-refractivity contribution in [1.29, 1.82) is 0 Å². The number of carboxylic acid groups (broad SMARTS) is 1. The lowest BCUT2D eigenvalue weighted by Crippen LogP contribution is -2.51. The summed E-state index contributed by atoms with van der Waals surface area (Å²) in [5.74, 6) is -1.06. The summed E-state index contributed by atoms with van der Waals surface area (Å²) in [6.45, 7) is 6.86. The monoisotopic (exact) mass is 271 g/mol. The lowest BCUT2D eigenvalue weighted by molar-refractivity contribution is -0.141. The molecule has 0 bridgehead atoms. The van der Waals surface area contributed by atoms with Crippen LogP contribution in [-0.2, 0) is 4.79 Å². The number of carboxylic acids is 1. The van der Waals surface area contributed by atoms with Crippen molar-refractivity contribution in [3.05, 3.63) is 0 Å². The van der Waals surface area contributed by atoms with Crippen molar-refractivity contribution in [2.45, 2.75) is 39.2 Å². The smallest absolute Gasteiger partial charge is 0.317 e. The van der Waals surface area contributed by atoms with Crippen LogP contribution in [-0.4, -0.2) is 54.2 Å². The number of aliphatic carboxylic acids is 1. The van der Waals surface area contributed by atoms with Gasteiger partial charge in [0.25, 0.3) is 0 Å². The zero-order valence-electron chi connectivity index (χ0n) is 11.8. The van der Waals surface area contributed by atoms with Crippen LogP contribution in [0.1, 0.15) is 33.1 Å². The minimum Gasteiger partial charge on any atom is -0.481 e. The third-order valence-corrected chi connectivity index (χ3v) is 3.47. The van der Waals surface area contributed by atoms with Crippen LogP contribution in [0, 0.1) is 5.92 Å². The van der Waals surface area contributed by atoms with Gasteiger partial charge in [-0.2, -0.15) is 0 Å². The van der Waals surface area contributed by atoms with Crippen LogP contribution < -0.4 is 10.6 Å². The Kier molecular flexibility index (Phi) is 6.62. The SMILES string of the molecule is CC(CCCC(C)C(=O)O)NC(=O)N1CCNCC1. The molecular weight excluding hydrogens is 246 g/mol. The van der Waals surface area contributed by atoms with Crippen LogP contribution in [0.2, 0.25) is 0 Å². The lowest BCUT2D eigenvalue weighted by Gasteiger charge is -2.29. The van der Waals surface area contributed by atoms with Gasteiger partial charge in [0.15, 0.2) is 0 Å². The molecule has 3 N–H and O–H groups in total. The maximum atomic E-state index is 11.9. The van der Waals surface area contributed by atoms with Crippen molar-refractivity contribution < 1.29 is 14.7 Å². The van der Waals surface area contributed by atoms with Crippen molar-refractivity contribution in [3.63, 3.8) is 0 Å². The van der Waals surface area contributed by atoms with E-state index in [2.05, 4.69) is 10.6 Å². The van der Waals surface area contributed by atoms with Gasteiger partial charge >= 0.3 is 12.0 Å². The van der Waals surface area contributed by atoms with Crippen LogP contribution in [0.15, 0.2) is 0 Å². The Morgan fingerprint density at radius 2 is 1.89 bits per heavy atom. The fourth-order valence-corrected chi connectivity index (χ4v) is 2.10. The number of amides is 2. The van der Waals surface area contributed by atoms with Crippen molar-refractivity contribution in [2.24, 2.45) is 5.92 Å². The molecule has 0 aromatic carbocycles. The first-order chi connectivity index (χ1) is 9.00. The number of nitrogens with one attached hydrogen (secondary N) is 2. The second-order valence-electron chi connectivity index (χ2n) is 5.26. The number of nitrogens with zero attached hydrogens (tertiary/aromatic N) is 1. The number of piperazine rings is 1. The molecule has 1 saturated heterocycles. The highest BCUT2D eigenvalue weighted by molar-refractivity contribution is 5.74. The van der Waals surface area contributed by atoms with Crippen molar-refractivity contribution >= 4 is 12.0 Å². The fourth-order valence-electron chi connectivity index (χ4n) is 2.10. The molecular formula is C13H25N3O3. The van der Waals surface area contributed by atoms with Gasteiger partial charge in [0.1, 0.15) is 0 Å². The van der Waals surface area contributed by atoms with Gasteiger partial charge in [0.2, 0.25) is 0 Å². The Morgan fingerprint density at radius 3 is 2.47 bits per heavy atom. The zero-order valence-corrected chi connectivity index (χ0v) is 11.8. The third-order valence-electron chi connectivity index (χ3n) is 3.47. The summed E-state index contributed by atoms with van der Waals surface area (Å²) in [5, 5.41) is 14.9. The van der Waals surface area contributed by atoms with Gasteiger partial charge in [0, 0.05) is 32.2 Å². The maximum Gasteiger partial charge on any atom is 0.317 e. The predicted molar refractivity (Wildman–Crippen MR) is 73.1 cm³/mol. The van der Waals surface area contributed by atoms with Gasteiger partial charge in [-0.1, -0.05) is 13.3 Å². The van der Waals surface area contributed by atoms with Gasteiger partial charge in [-0.3, -0.25) is 4.79 Å². The molecule has 0 radical (unpaired) electrons. The Morgan fingerprint density at radius 1 is 1.26 bits per heavy atom. The number of hydrogen-bond donors (Lipinski definition) is 3. The fraction of sp³-hybridized carbons (Fsp3) is 0.846. The molecule has 2 atom stereocenters. The lowest BCUT2D eigenvalue weighted by atomic mass is 10.0. The molecule has 2 amide bonds. The third kappa shape index (κ3) is 5.92. The van der Waals surface area contributed by atoms with Gasteiger partial charge in [-0.15, -0.1) is 0 Å². The maximum absolute atomic E-state index is 11.9. The molecule has 0 saturated carbocycles. The predicted octanol–water partition coefficient (Wildman–Crippen LogP) is 0.881. The quantitative estimate of drug-likeness (QED) is 0.670. The van der Waals surface area contributed by atoms with Crippen LogP contribution >= 0.6 is 0 Å². The Hall–Kier alpha value is -1.30. The molecule has 0 aromatic heterocycles. The van der Waals surface area contributed by atoms with E-state index in [4.69, 9.17) is 5.11 Å². The van der Waals surface area contributed by atoms with E-state index in [9.17, 15) is 9.59 Å². The number of rotatable bonds is 6. The Balaban J connectivity index is 2.17. The van der Waals surface area contributed by atoms with E-state index >= 15 is 0 Å². The molecule has 0 aliphatic carbocycles. The van der Waals surface area contributed by atoms with E-state index in [1.165, 1.54) is 0 Å². The Bertz CT molecular complexity index is 304. The number of carbonyl (C=O) groups excluding carboxylic acids is 1. The number of carbonyl (C=O) groups is 2. The molecule has 1 aliphatic rings. The molecule has 110 valence electrons. The molecule has 19 heavy (non-hydrogen) atoms. The minimum atomic E-state index is -0.752. The minimum absolute atomic E-state index is 0.0136. The van der Waals surface area contributed by atoms with Crippen LogP contribution in [0.4, 0.5) is 4.79 Å². The summed E-state index contributed by atoms with van der Waals surface area (Å²) in [6.07, 6.45) is 2.29. The molecule has 0 aromatic rings. The second-order valence-corrected chi connectivity index (χ2v) is 5.26. The van der Waals surface area contributed by atoms with Crippen LogP contribution in [0.5, 0.6) is 0 Å². The molecule has 1 fully saturated rings. The van der Waals surface area contributed by atoms with Gasteiger partial charge in [-0.05, 0) is 19.8 Å². The number of hydrogen-bond acceptors (Lipinski definition) is 3. The van der Waals surface area contributed by atoms with Gasteiger partial charge in [0.05, 0.1) is 5.92 Å². The average Bonchev–Trinajstić information content (AvgIpc) is 2.39. The zero-order chi connectivity index (χ0) is 14.3. The van der Waals surface area contributed by atoms with E-state index in [0.717, 1.165) is 39.0 Å². The standard InChI is InChI=1S/C13H25N3O3/c1-10(12(17)18)4-3-5-11(2)15-13(19)16-8-6-14-7-9-16/h10-11,14H,3-9H2,1-2H3,(H,15,19)(H,17,18). The van der Waals surface area contributed by atoms with Crippen LogP contribution in [0.3, 0.4) is 0 Å². The summed E-state index contributed by atoms with van der Waals surface area (Å²) in [7, 11) is 0. The first-order valence-electron chi connectivity index (χ1n) is 6.99. The summed E-state index contributed by atoms with van der Waals surface area (Å²) >= 11 is 0. The molecule has 1 heterocycles. The average molecular weight is 271 g/mol. The Labute approximate surface area is 114 Å². The van der Waals surface area contributed by atoms with Crippen LogP contribution in [0.25, 0.3) is 0 Å². The summed E-state index contributed by atoms with van der Waals surface area (Å²) < 4.78 is 0. The summed E-state index contributed by atoms with van der Waals surface area (Å²) in [6, 6.07) is 0.0728. The highest BCUT2D eigenvalue weighted by atomic mass is 16.4. The van der Waals surface area contributed by atoms with Crippen molar-refractivity contribution in [2.75, 3.05) is 26.2 Å². The highest BCUT2D eigenvalue weighted by Crippen LogP contribution is 2.09. The molecule has 2 unspecified atom stereocenters. The van der Waals surface area contributed by atoms with E-state index in [1.807, 2.05) is 11.8 Å². The van der Waals surface area contributed by atoms with Crippen molar-refractivity contribution in [3.8, 4) is 0 Å². The topological polar surface area (TPSA) is 81.7 Å². The molecule has 1 aliphatic heterocycles. The van der Waals surface area contributed by atoms with Crippen molar-refractivity contribution in [1.82, 2.24) is 15.5 Å². The number of urea groups is 1. The van der Waals surface area contributed by atoms with E-state index < -0.39 is 5.97 Å². The largest absolute Gasteiger partial charge is 0.481 e. The van der Waals surface area contributed by atoms with E-state index in [1.54, 1.807) is 6.92 Å².